The van der Waals surface area contributed by atoms with Crippen LogP contribution in [0.15, 0.2) is 24.3 Å². The highest BCUT2D eigenvalue weighted by atomic mass is 16.7. The Labute approximate surface area is 95.4 Å². The van der Waals surface area contributed by atoms with Crippen molar-refractivity contribution in [1.82, 2.24) is 0 Å². The summed E-state index contributed by atoms with van der Waals surface area (Å²) in [5.74, 6) is 2.46. The minimum absolute atomic E-state index is 0.0307. The molecule has 1 aromatic rings. The van der Waals surface area contributed by atoms with Crippen molar-refractivity contribution in [3.05, 3.63) is 35.4 Å². The van der Waals surface area contributed by atoms with E-state index in [0.29, 0.717) is 11.1 Å². The van der Waals surface area contributed by atoms with Crippen molar-refractivity contribution in [3.8, 4) is 12.3 Å². The van der Waals surface area contributed by atoms with Crippen LogP contribution in [-0.2, 0) is 9.47 Å². The van der Waals surface area contributed by atoms with Crippen LogP contribution in [0, 0.1) is 12.3 Å². The molecule has 0 aromatic heterocycles. The summed E-state index contributed by atoms with van der Waals surface area (Å²) < 4.78 is 10.1. The lowest BCUT2D eigenvalue weighted by Gasteiger charge is -2.14. The van der Waals surface area contributed by atoms with Crippen LogP contribution in [0.5, 0.6) is 0 Å². The summed E-state index contributed by atoms with van der Waals surface area (Å²) in [6.07, 6.45) is 4.82. The molecule has 0 heterocycles. The van der Waals surface area contributed by atoms with Gasteiger partial charge in [0.05, 0.1) is 0 Å². The van der Waals surface area contributed by atoms with Crippen LogP contribution in [0.3, 0.4) is 0 Å². The average molecular weight is 218 g/mol. The van der Waals surface area contributed by atoms with Crippen molar-refractivity contribution < 1.29 is 14.3 Å². The maximum absolute atomic E-state index is 11.4. The zero-order chi connectivity index (χ0) is 12.0. The molecule has 0 amide bonds. The Hall–Kier alpha value is -1.63. The van der Waals surface area contributed by atoms with E-state index in [4.69, 9.17) is 15.9 Å². The minimum atomic E-state index is -0.556. The van der Waals surface area contributed by atoms with Gasteiger partial charge in [-0.1, -0.05) is 30.2 Å². The third kappa shape index (κ3) is 2.93. The van der Waals surface area contributed by atoms with E-state index in [9.17, 15) is 4.79 Å². The summed E-state index contributed by atoms with van der Waals surface area (Å²) in [7, 11) is 1.52. The van der Waals surface area contributed by atoms with Gasteiger partial charge in [0.2, 0.25) is 0 Å². The molecule has 0 aliphatic heterocycles. The number of carbonyl (C=O) groups excluding carboxylic acids is 1. The highest BCUT2D eigenvalue weighted by Gasteiger charge is 2.15. The number of benzene rings is 1. The van der Waals surface area contributed by atoms with E-state index < -0.39 is 6.10 Å². The molecule has 1 unspecified atom stereocenters. The van der Waals surface area contributed by atoms with Gasteiger partial charge in [0.25, 0.3) is 0 Å². The predicted octanol–water partition coefficient (Wildman–Crippen LogP) is 2.18. The molecule has 0 bridgehead atoms. The van der Waals surface area contributed by atoms with Gasteiger partial charge in [-0.25, -0.2) is 0 Å². The molecule has 0 saturated carbocycles. The van der Waals surface area contributed by atoms with Crippen LogP contribution in [-0.4, -0.2) is 19.7 Å². The van der Waals surface area contributed by atoms with E-state index in [1.165, 1.54) is 14.0 Å². The molecule has 0 N–H and O–H groups in total. The molecule has 1 rings (SSSR count). The lowest BCUT2D eigenvalue weighted by atomic mass is 10.00. The van der Waals surface area contributed by atoms with Crippen molar-refractivity contribution in [2.45, 2.75) is 13.0 Å². The smallest absolute Gasteiger partial charge is 0.160 e. The molecule has 3 nitrogen and oxygen atoms in total. The van der Waals surface area contributed by atoms with Crippen molar-refractivity contribution in [1.29, 1.82) is 0 Å². The summed E-state index contributed by atoms with van der Waals surface area (Å²) in [4.78, 5) is 11.4. The van der Waals surface area contributed by atoms with E-state index in [1.807, 2.05) is 6.07 Å². The fraction of sp³-hybridized carbons (Fsp3) is 0.308. The number of hydrogen-bond donors (Lipinski definition) is 0. The van der Waals surface area contributed by atoms with E-state index in [-0.39, 0.29) is 12.6 Å². The van der Waals surface area contributed by atoms with Gasteiger partial charge in [0, 0.05) is 18.2 Å². The molecule has 0 radical (unpaired) electrons. The number of carbonyl (C=O) groups is 1. The van der Waals surface area contributed by atoms with Crippen molar-refractivity contribution in [2.24, 2.45) is 0 Å². The molecular formula is C13H14O3. The number of methoxy groups -OCH3 is 1. The quantitative estimate of drug-likeness (QED) is 0.431. The first-order valence-electron chi connectivity index (χ1n) is 4.87. The lowest BCUT2D eigenvalue weighted by molar-refractivity contribution is -0.0536. The molecule has 3 heteroatoms. The summed E-state index contributed by atoms with van der Waals surface area (Å²) in [5, 5.41) is 0. The number of terminal acetylenes is 1. The third-order valence-corrected chi connectivity index (χ3v) is 2.13. The van der Waals surface area contributed by atoms with Crippen LogP contribution < -0.4 is 0 Å². The second-order valence-electron chi connectivity index (χ2n) is 3.26. The monoisotopic (exact) mass is 218 g/mol. The largest absolute Gasteiger partial charge is 0.359 e. The normalized spacial score (nSPS) is 11.8. The number of rotatable bonds is 5. The third-order valence-electron chi connectivity index (χ3n) is 2.13. The minimum Gasteiger partial charge on any atom is -0.359 e. The maximum atomic E-state index is 11.4. The SMILES string of the molecule is C#CC(OCOC)c1ccccc1C(C)=O. The number of ketones is 1. The van der Waals surface area contributed by atoms with E-state index in [1.54, 1.807) is 18.2 Å². The number of Topliss-reactive ketones (excluding diaryl/α,β-unsaturated/α-hetero) is 1. The number of hydrogen-bond acceptors (Lipinski definition) is 3. The highest BCUT2D eigenvalue weighted by molar-refractivity contribution is 5.95. The van der Waals surface area contributed by atoms with Crippen LogP contribution in [0.4, 0.5) is 0 Å². The molecule has 84 valence electrons. The molecular weight excluding hydrogens is 204 g/mol. The van der Waals surface area contributed by atoms with Crippen molar-refractivity contribution >= 4 is 5.78 Å². The Kier molecular flexibility index (Phi) is 4.71. The van der Waals surface area contributed by atoms with Gasteiger partial charge < -0.3 is 9.47 Å². The Balaban J connectivity index is 3.00. The Morgan fingerprint density at radius 3 is 2.75 bits per heavy atom. The molecule has 0 fully saturated rings. The van der Waals surface area contributed by atoms with Crippen LogP contribution in [0.2, 0.25) is 0 Å². The molecule has 16 heavy (non-hydrogen) atoms. The van der Waals surface area contributed by atoms with Crippen LogP contribution >= 0.6 is 0 Å². The van der Waals surface area contributed by atoms with Gasteiger partial charge in [-0.05, 0) is 6.92 Å². The summed E-state index contributed by atoms with van der Waals surface area (Å²) in [5.41, 5.74) is 1.29. The Morgan fingerprint density at radius 2 is 2.19 bits per heavy atom. The lowest BCUT2D eigenvalue weighted by Crippen LogP contribution is -2.09. The number of ether oxygens (including phenoxy) is 2. The molecule has 0 saturated heterocycles. The first-order chi connectivity index (χ1) is 7.70. The van der Waals surface area contributed by atoms with Gasteiger partial charge in [-0.15, -0.1) is 6.42 Å². The van der Waals surface area contributed by atoms with E-state index in [2.05, 4.69) is 5.92 Å². The average Bonchev–Trinajstić information content (AvgIpc) is 2.30. The molecule has 0 aliphatic carbocycles. The first-order valence-corrected chi connectivity index (χ1v) is 4.87. The van der Waals surface area contributed by atoms with Crippen LogP contribution in [0.25, 0.3) is 0 Å². The summed E-state index contributed by atoms with van der Waals surface area (Å²) in [6.45, 7) is 1.60. The summed E-state index contributed by atoms with van der Waals surface area (Å²) in [6, 6.07) is 7.14. The summed E-state index contributed by atoms with van der Waals surface area (Å²) >= 11 is 0. The second-order valence-corrected chi connectivity index (χ2v) is 3.26. The topological polar surface area (TPSA) is 35.5 Å². The Bertz CT molecular complexity index is 404. The zero-order valence-electron chi connectivity index (χ0n) is 9.40. The van der Waals surface area contributed by atoms with Gasteiger partial charge in [0.15, 0.2) is 5.78 Å². The van der Waals surface area contributed by atoms with Gasteiger partial charge in [-0.2, -0.15) is 0 Å². The van der Waals surface area contributed by atoms with Gasteiger partial charge in [0.1, 0.15) is 12.9 Å². The molecule has 0 spiro atoms. The molecule has 1 atom stereocenters. The second kappa shape index (κ2) is 6.06. The van der Waals surface area contributed by atoms with Crippen molar-refractivity contribution in [2.75, 3.05) is 13.9 Å². The zero-order valence-corrected chi connectivity index (χ0v) is 9.40. The fourth-order valence-corrected chi connectivity index (χ4v) is 1.41. The van der Waals surface area contributed by atoms with Crippen molar-refractivity contribution in [3.63, 3.8) is 0 Å². The van der Waals surface area contributed by atoms with E-state index in [0.717, 1.165) is 0 Å². The van der Waals surface area contributed by atoms with Crippen LogP contribution in [0.1, 0.15) is 28.9 Å². The first kappa shape index (κ1) is 12.4. The molecule has 0 aliphatic rings. The highest BCUT2D eigenvalue weighted by Crippen LogP contribution is 2.21. The van der Waals surface area contributed by atoms with Gasteiger partial charge in [-0.3, -0.25) is 4.79 Å². The molecule has 1 aromatic carbocycles. The fourth-order valence-electron chi connectivity index (χ4n) is 1.41. The van der Waals surface area contributed by atoms with E-state index >= 15 is 0 Å². The van der Waals surface area contributed by atoms with Gasteiger partial charge >= 0.3 is 0 Å². The predicted molar refractivity (Wildman–Crippen MR) is 61.0 cm³/mol. The maximum Gasteiger partial charge on any atom is 0.160 e. The standard InChI is InChI=1S/C13H14O3/c1-4-13(16-9-15-3)12-8-6-5-7-11(12)10(2)14/h1,5-8,13H,9H2,2-3H3. The Morgan fingerprint density at radius 1 is 1.50 bits per heavy atom.